The van der Waals surface area contributed by atoms with Gasteiger partial charge >= 0.3 is 0 Å². The second-order valence-electron chi connectivity index (χ2n) is 6.14. The number of piperidine rings is 1. The van der Waals surface area contributed by atoms with Crippen LogP contribution in [0.3, 0.4) is 0 Å². The lowest BCUT2D eigenvalue weighted by atomic mass is 10.1. The van der Waals surface area contributed by atoms with Crippen LogP contribution in [0.5, 0.6) is 0 Å². The SMILES string of the molecule is Nc1nccc(NC2CCCN(C(=O)CNc3cc(Cl)cc(Cl)c3)C2)n1. The van der Waals surface area contributed by atoms with Crippen LogP contribution in [0.2, 0.25) is 10.0 Å². The molecule has 1 atom stereocenters. The largest absolute Gasteiger partial charge is 0.376 e. The number of aromatic nitrogens is 2. The van der Waals surface area contributed by atoms with E-state index >= 15 is 0 Å². The number of nitrogens with one attached hydrogen (secondary N) is 2. The molecule has 4 N–H and O–H groups in total. The van der Waals surface area contributed by atoms with E-state index in [0.717, 1.165) is 25.1 Å². The predicted molar refractivity (Wildman–Crippen MR) is 105 cm³/mol. The minimum Gasteiger partial charge on any atom is -0.376 e. The maximum atomic E-state index is 12.5. The number of hydrogen-bond donors (Lipinski definition) is 3. The third-order valence-electron chi connectivity index (χ3n) is 4.11. The van der Waals surface area contributed by atoms with Gasteiger partial charge in [0.2, 0.25) is 11.9 Å². The van der Waals surface area contributed by atoms with Gasteiger partial charge in [-0.3, -0.25) is 4.79 Å². The van der Waals surface area contributed by atoms with E-state index in [-0.39, 0.29) is 24.4 Å². The summed E-state index contributed by atoms with van der Waals surface area (Å²) in [5.41, 5.74) is 6.32. The molecule has 2 aromatic rings. The lowest BCUT2D eigenvalue weighted by molar-refractivity contribution is -0.130. The van der Waals surface area contributed by atoms with Gasteiger partial charge in [0, 0.05) is 41.1 Å². The highest BCUT2D eigenvalue weighted by molar-refractivity contribution is 6.35. The van der Waals surface area contributed by atoms with Crippen LogP contribution in [0.15, 0.2) is 30.5 Å². The average Bonchev–Trinajstić information content (AvgIpc) is 2.59. The molecule has 1 fully saturated rings. The van der Waals surface area contributed by atoms with Gasteiger partial charge in [-0.25, -0.2) is 4.98 Å². The van der Waals surface area contributed by atoms with Gasteiger partial charge in [-0.2, -0.15) is 4.98 Å². The molecule has 0 aliphatic carbocycles. The van der Waals surface area contributed by atoms with E-state index in [1.807, 2.05) is 4.90 Å². The quantitative estimate of drug-likeness (QED) is 0.721. The Balaban J connectivity index is 1.54. The normalized spacial score (nSPS) is 17.0. The van der Waals surface area contributed by atoms with Crippen LogP contribution in [0.4, 0.5) is 17.5 Å². The average molecular weight is 395 g/mol. The molecule has 3 rings (SSSR count). The van der Waals surface area contributed by atoms with Crippen molar-refractivity contribution in [1.82, 2.24) is 14.9 Å². The predicted octanol–water partition coefficient (Wildman–Crippen LogP) is 2.88. The molecule has 2 heterocycles. The molecule has 1 unspecified atom stereocenters. The Bertz CT molecular complexity index is 767. The van der Waals surface area contributed by atoms with Crippen molar-refractivity contribution in [2.45, 2.75) is 18.9 Å². The summed E-state index contributed by atoms with van der Waals surface area (Å²) in [4.78, 5) is 22.4. The van der Waals surface area contributed by atoms with Gasteiger partial charge in [-0.05, 0) is 37.1 Å². The lowest BCUT2D eigenvalue weighted by Crippen LogP contribution is -2.47. The van der Waals surface area contributed by atoms with Crippen molar-refractivity contribution in [1.29, 1.82) is 0 Å². The summed E-state index contributed by atoms with van der Waals surface area (Å²) >= 11 is 11.9. The van der Waals surface area contributed by atoms with Crippen molar-refractivity contribution in [3.8, 4) is 0 Å². The molecule has 1 aliphatic rings. The Morgan fingerprint density at radius 3 is 2.81 bits per heavy atom. The van der Waals surface area contributed by atoms with Crippen molar-refractivity contribution in [3.63, 3.8) is 0 Å². The van der Waals surface area contributed by atoms with Crippen molar-refractivity contribution in [2.75, 3.05) is 36.0 Å². The van der Waals surface area contributed by atoms with E-state index in [9.17, 15) is 4.79 Å². The number of hydrogen-bond acceptors (Lipinski definition) is 6. The fourth-order valence-corrected chi connectivity index (χ4v) is 3.46. The number of nitrogens with two attached hydrogens (primary N) is 1. The maximum absolute atomic E-state index is 12.5. The molecule has 0 radical (unpaired) electrons. The number of nitrogens with zero attached hydrogens (tertiary/aromatic N) is 3. The molecule has 26 heavy (non-hydrogen) atoms. The zero-order valence-corrected chi connectivity index (χ0v) is 15.6. The van der Waals surface area contributed by atoms with E-state index in [0.29, 0.717) is 22.4 Å². The zero-order valence-electron chi connectivity index (χ0n) is 14.1. The minimum absolute atomic E-state index is 0.0230. The molecule has 0 saturated carbocycles. The Kier molecular flexibility index (Phi) is 6.00. The molecular weight excluding hydrogens is 375 g/mol. The smallest absolute Gasteiger partial charge is 0.241 e. The minimum atomic E-state index is 0.0230. The maximum Gasteiger partial charge on any atom is 0.241 e. The first-order valence-corrected chi connectivity index (χ1v) is 9.08. The van der Waals surface area contributed by atoms with E-state index in [4.69, 9.17) is 28.9 Å². The second kappa shape index (κ2) is 8.42. The van der Waals surface area contributed by atoms with E-state index in [1.54, 1.807) is 30.5 Å². The van der Waals surface area contributed by atoms with Crippen LogP contribution in [0.25, 0.3) is 0 Å². The standard InChI is InChI=1S/C17H20Cl2N6O/c18-11-6-12(19)8-14(7-11)22-9-16(26)25-5-1-2-13(10-25)23-15-3-4-21-17(20)24-15/h3-4,6-8,13,22H,1-2,5,9-10H2,(H3,20,21,23,24). The number of rotatable bonds is 5. The van der Waals surface area contributed by atoms with Gasteiger partial charge in [0.05, 0.1) is 6.54 Å². The van der Waals surface area contributed by atoms with Gasteiger partial charge in [0.1, 0.15) is 5.82 Å². The summed E-state index contributed by atoms with van der Waals surface area (Å²) in [5, 5.41) is 7.45. The highest BCUT2D eigenvalue weighted by atomic mass is 35.5. The van der Waals surface area contributed by atoms with E-state index in [1.165, 1.54) is 0 Å². The summed E-state index contributed by atoms with van der Waals surface area (Å²) < 4.78 is 0. The monoisotopic (exact) mass is 394 g/mol. The number of carbonyl (C=O) groups excluding carboxylic acids is 1. The molecule has 1 saturated heterocycles. The van der Waals surface area contributed by atoms with E-state index < -0.39 is 0 Å². The summed E-state index contributed by atoms with van der Waals surface area (Å²) in [7, 11) is 0. The molecule has 0 bridgehead atoms. The molecule has 0 spiro atoms. The highest BCUT2D eigenvalue weighted by Gasteiger charge is 2.23. The Morgan fingerprint density at radius 2 is 2.08 bits per heavy atom. The van der Waals surface area contributed by atoms with E-state index in [2.05, 4.69) is 20.6 Å². The molecule has 1 aromatic heterocycles. The topological polar surface area (TPSA) is 96.2 Å². The third-order valence-corrected chi connectivity index (χ3v) is 4.54. The molecule has 1 aromatic carbocycles. The van der Waals surface area contributed by atoms with Gasteiger partial charge in [0.25, 0.3) is 0 Å². The summed E-state index contributed by atoms with van der Waals surface area (Å²) in [6.45, 7) is 1.53. The number of carbonyl (C=O) groups is 1. The van der Waals surface area contributed by atoms with Crippen molar-refractivity contribution in [3.05, 3.63) is 40.5 Å². The third kappa shape index (κ3) is 5.12. The summed E-state index contributed by atoms with van der Waals surface area (Å²) in [6.07, 6.45) is 3.49. The fourth-order valence-electron chi connectivity index (χ4n) is 2.93. The van der Waals surface area contributed by atoms with Crippen LogP contribution < -0.4 is 16.4 Å². The number of benzene rings is 1. The van der Waals surface area contributed by atoms with Gasteiger partial charge in [-0.1, -0.05) is 23.2 Å². The molecular formula is C17H20Cl2N6O. The van der Waals surface area contributed by atoms with Crippen molar-refractivity contribution in [2.24, 2.45) is 0 Å². The fraction of sp³-hybridized carbons (Fsp3) is 0.353. The first kappa shape index (κ1) is 18.5. The molecule has 7 nitrogen and oxygen atoms in total. The van der Waals surface area contributed by atoms with Crippen LogP contribution in [0.1, 0.15) is 12.8 Å². The molecule has 1 aliphatic heterocycles. The number of halogens is 2. The number of likely N-dealkylation sites (tertiary alicyclic amines) is 1. The second-order valence-corrected chi connectivity index (χ2v) is 7.01. The van der Waals surface area contributed by atoms with Crippen molar-refractivity contribution >= 4 is 46.6 Å². The number of amides is 1. The van der Waals surface area contributed by atoms with Gasteiger partial charge in [0.15, 0.2) is 0 Å². The van der Waals surface area contributed by atoms with Crippen molar-refractivity contribution < 1.29 is 4.79 Å². The summed E-state index contributed by atoms with van der Waals surface area (Å²) in [6, 6.07) is 7.02. The molecule has 138 valence electrons. The Hall–Kier alpha value is -2.25. The lowest BCUT2D eigenvalue weighted by Gasteiger charge is -2.33. The Labute approximate surface area is 161 Å². The number of anilines is 3. The van der Waals surface area contributed by atoms with Gasteiger partial charge in [-0.15, -0.1) is 0 Å². The molecule has 9 heteroatoms. The zero-order chi connectivity index (χ0) is 18.5. The Morgan fingerprint density at radius 1 is 1.31 bits per heavy atom. The summed E-state index contributed by atoms with van der Waals surface area (Å²) in [5.74, 6) is 0.918. The number of nitrogen functional groups attached to an aromatic ring is 1. The van der Waals surface area contributed by atoms with Gasteiger partial charge < -0.3 is 21.3 Å². The van der Waals surface area contributed by atoms with Crippen LogP contribution in [-0.2, 0) is 4.79 Å². The van der Waals surface area contributed by atoms with Crippen LogP contribution in [0, 0.1) is 0 Å². The van der Waals surface area contributed by atoms with Crippen LogP contribution >= 0.6 is 23.2 Å². The molecule has 1 amide bonds. The highest BCUT2D eigenvalue weighted by Crippen LogP contribution is 2.22. The first-order chi connectivity index (χ1) is 12.5. The van der Waals surface area contributed by atoms with Crippen LogP contribution in [-0.4, -0.2) is 46.5 Å². The first-order valence-electron chi connectivity index (χ1n) is 8.32.